The van der Waals surface area contributed by atoms with E-state index in [1.807, 2.05) is 52.0 Å². The SMILES string of the molecule is CCOc1ccc(NC(=O)C(C)(C)C)c2cccnc12. The molecule has 1 heterocycles. The quantitative estimate of drug-likeness (QED) is 0.928. The molecule has 20 heavy (non-hydrogen) atoms. The number of hydrogen-bond donors (Lipinski definition) is 1. The highest BCUT2D eigenvalue weighted by molar-refractivity contribution is 6.04. The smallest absolute Gasteiger partial charge is 0.229 e. The Morgan fingerprint density at radius 2 is 2.05 bits per heavy atom. The summed E-state index contributed by atoms with van der Waals surface area (Å²) in [6.07, 6.45) is 1.72. The van der Waals surface area contributed by atoms with Gasteiger partial charge in [0.25, 0.3) is 0 Å². The molecular weight excluding hydrogens is 252 g/mol. The van der Waals surface area contributed by atoms with Crippen LogP contribution in [0.25, 0.3) is 10.9 Å². The van der Waals surface area contributed by atoms with Crippen LogP contribution in [0.15, 0.2) is 30.5 Å². The van der Waals surface area contributed by atoms with Crippen molar-refractivity contribution in [2.45, 2.75) is 27.7 Å². The van der Waals surface area contributed by atoms with Crippen molar-refractivity contribution in [2.24, 2.45) is 5.41 Å². The molecule has 0 aliphatic rings. The molecular formula is C16H20N2O2. The van der Waals surface area contributed by atoms with Crippen LogP contribution in [0.4, 0.5) is 5.69 Å². The highest BCUT2D eigenvalue weighted by Gasteiger charge is 2.22. The van der Waals surface area contributed by atoms with E-state index in [2.05, 4.69) is 10.3 Å². The van der Waals surface area contributed by atoms with E-state index < -0.39 is 5.41 Å². The Labute approximate surface area is 119 Å². The Balaban J connectivity index is 2.46. The highest BCUT2D eigenvalue weighted by Crippen LogP contribution is 2.31. The van der Waals surface area contributed by atoms with Gasteiger partial charge in [0.1, 0.15) is 11.3 Å². The summed E-state index contributed by atoms with van der Waals surface area (Å²) < 4.78 is 5.57. The molecule has 1 aromatic heterocycles. The third kappa shape index (κ3) is 2.90. The van der Waals surface area contributed by atoms with Crippen LogP contribution in [0.5, 0.6) is 5.75 Å². The summed E-state index contributed by atoms with van der Waals surface area (Å²) in [5, 5.41) is 3.84. The predicted molar refractivity (Wildman–Crippen MR) is 81.0 cm³/mol. The molecule has 0 aliphatic heterocycles. The number of benzene rings is 1. The van der Waals surface area contributed by atoms with Crippen molar-refractivity contribution in [3.05, 3.63) is 30.5 Å². The lowest BCUT2D eigenvalue weighted by Gasteiger charge is -2.19. The topological polar surface area (TPSA) is 51.2 Å². The van der Waals surface area contributed by atoms with Gasteiger partial charge in [0.2, 0.25) is 5.91 Å². The number of fused-ring (bicyclic) bond motifs is 1. The zero-order valence-corrected chi connectivity index (χ0v) is 12.4. The summed E-state index contributed by atoms with van der Waals surface area (Å²) in [6, 6.07) is 7.49. The van der Waals surface area contributed by atoms with Crippen molar-refractivity contribution in [3.63, 3.8) is 0 Å². The molecule has 1 aromatic carbocycles. The Hall–Kier alpha value is -2.10. The van der Waals surface area contributed by atoms with Crippen molar-refractivity contribution in [1.29, 1.82) is 0 Å². The van der Waals surface area contributed by atoms with Gasteiger partial charge in [-0.15, -0.1) is 0 Å². The Bertz CT molecular complexity index is 630. The number of nitrogens with zero attached hydrogens (tertiary/aromatic N) is 1. The van der Waals surface area contributed by atoms with E-state index in [1.165, 1.54) is 0 Å². The van der Waals surface area contributed by atoms with E-state index in [9.17, 15) is 4.79 Å². The Morgan fingerprint density at radius 3 is 2.70 bits per heavy atom. The first-order chi connectivity index (χ1) is 9.43. The summed E-state index contributed by atoms with van der Waals surface area (Å²) in [4.78, 5) is 16.5. The second-order valence-corrected chi connectivity index (χ2v) is 5.65. The van der Waals surface area contributed by atoms with Gasteiger partial charge in [-0.3, -0.25) is 9.78 Å². The van der Waals surface area contributed by atoms with Gasteiger partial charge >= 0.3 is 0 Å². The molecule has 4 nitrogen and oxygen atoms in total. The molecule has 106 valence electrons. The minimum Gasteiger partial charge on any atom is -0.492 e. The normalized spacial score (nSPS) is 11.4. The molecule has 2 rings (SSSR count). The fraction of sp³-hybridized carbons (Fsp3) is 0.375. The van der Waals surface area contributed by atoms with Crippen molar-refractivity contribution < 1.29 is 9.53 Å². The number of rotatable bonds is 3. The van der Waals surface area contributed by atoms with Crippen molar-refractivity contribution >= 4 is 22.5 Å². The molecule has 0 atom stereocenters. The first-order valence-electron chi connectivity index (χ1n) is 6.75. The number of nitrogens with one attached hydrogen (secondary N) is 1. The predicted octanol–water partition coefficient (Wildman–Crippen LogP) is 3.62. The lowest BCUT2D eigenvalue weighted by atomic mass is 9.95. The highest BCUT2D eigenvalue weighted by atomic mass is 16.5. The third-order valence-corrected chi connectivity index (χ3v) is 2.96. The van der Waals surface area contributed by atoms with E-state index in [0.29, 0.717) is 6.61 Å². The van der Waals surface area contributed by atoms with Crippen LogP contribution in [0.1, 0.15) is 27.7 Å². The largest absolute Gasteiger partial charge is 0.492 e. The third-order valence-electron chi connectivity index (χ3n) is 2.96. The van der Waals surface area contributed by atoms with Crippen molar-refractivity contribution in [3.8, 4) is 5.75 Å². The maximum atomic E-state index is 12.1. The van der Waals surface area contributed by atoms with Crippen LogP contribution in [0, 0.1) is 5.41 Å². The molecule has 0 bridgehead atoms. The second-order valence-electron chi connectivity index (χ2n) is 5.65. The number of carbonyl (C=O) groups excluding carboxylic acids is 1. The van der Waals surface area contributed by atoms with Gasteiger partial charge in [-0.25, -0.2) is 0 Å². The second kappa shape index (κ2) is 5.49. The van der Waals surface area contributed by atoms with E-state index >= 15 is 0 Å². The molecule has 0 saturated carbocycles. The summed E-state index contributed by atoms with van der Waals surface area (Å²) in [5.41, 5.74) is 1.09. The number of ether oxygens (including phenoxy) is 1. The maximum Gasteiger partial charge on any atom is 0.229 e. The lowest BCUT2D eigenvalue weighted by molar-refractivity contribution is -0.123. The van der Waals surface area contributed by atoms with Gasteiger partial charge < -0.3 is 10.1 Å². The Morgan fingerprint density at radius 1 is 1.30 bits per heavy atom. The number of carbonyl (C=O) groups is 1. The molecule has 0 spiro atoms. The molecule has 0 saturated heterocycles. The fourth-order valence-corrected chi connectivity index (χ4v) is 1.84. The minimum absolute atomic E-state index is 0.0215. The molecule has 4 heteroatoms. The number of anilines is 1. The number of amides is 1. The van der Waals surface area contributed by atoms with E-state index in [0.717, 1.165) is 22.3 Å². The van der Waals surface area contributed by atoms with Crippen molar-refractivity contribution in [1.82, 2.24) is 4.98 Å². The van der Waals surface area contributed by atoms with Gasteiger partial charge in [-0.1, -0.05) is 20.8 Å². The van der Waals surface area contributed by atoms with Crippen LogP contribution in [-0.4, -0.2) is 17.5 Å². The van der Waals surface area contributed by atoms with Crippen LogP contribution in [-0.2, 0) is 4.79 Å². The van der Waals surface area contributed by atoms with Gasteiger partial charge in [0, 0.05) is 17.0 Å². The lowest BCUT2D eigenvalue weighted by Crippen LogP contribution is -2.27. The van der Waals surface area contributed by atoms with Crippen LogP contribution >= 0.6 is 0 Å². The first-order valence-corrected chi connectivity index (χ1v) is 6.75. The molecule has 0 unspecified atom stereocenters. The molecule has 2 aromatic rings. The maximum absolute atomic E-state index is 12.1. The monoisotopic (exact) mass is 272 g/mol. The number of aromatic nitrogens is 1. The molecule has 0 aliphatic carbocycles. The summed E-state index contributed by atoms with van der Waals surface area (Å²) in [6.45, 7) is 8.18. The van der Waals surface area contributed by atoms with Crippen LogP contribution < -0.4 is 10.1 Å². The zero-order valence-electron chi connectivity index (χ0n) is 12.4. The van der Waals surface area contributed by atoms with Gasteiger partial charge in [-0.05, 0) is 31.2 Å². The molecule has 0 fully saturated rings. The van der Waals surface area contributed by atoms with E-state index in [-0.39, 0.29) is 5.91 Å². The van der Waals surface area contributed by atoms with Crippen molar-refractivity contribution in [2.75, 3.05) is 11.9 Å². The van der Waals surface area contributed by atoms with Crippen LogP contribution in [0.3, 0.4) is 0 Å². The van der Waals surface area contributed by atoms with Gasteiger partial charge in [0.05, 0.1) is 12.3 Å². The van der Waals surface area contributed by atoms with E-state index in [4.69, 9.17) is 4.74 Å². The van der Waals surface area contributed by atoms with Gasteiger partial charge in [0.15, 0.2) is 0 Å². The minimum atomic E-state index is -0.437. The summed E-state index contributed by atoms with van der Waals surface area (Å²) >= 11 is 0. The number of pyridine rings is 1. The standard InChI is InChI=1S/C16H20N2O2/c1-5-20-13-9-8-12(18-15(19)16(2,3)4)11-7-6-10-17-14(11)13/h6-10H,5H2,1-4H3,(H,18,19). The molecule has 1 N–H and O–H groups in total. The fourth-order valence-electron chi connectivity index (χ4n) is 1.84. The summed E-state index contributed by atoms with van der Waals surface area (Å²) in [7, 11) is 0. The van der Waals surface area contributed by atoms with E-state index in [1.54, 1.807) is 6.20 Å². The van der Waals surface area contributed by atoms with Gasteiger partial charge in [-0.2, -0.15) is 0 Å². The number of hydrogen-bond acceptors (Lipinski definition) is 3. The summed E-state index contributed by atoms with van der Waals surface area (Å²) in [5.74, 6) is 0.712. The first kappa shape index (κ1) is 14.3. The molecule has 1 amide bonds. The average molecular weight is 272 g/mol. The molecule has 0 radical (unpaired) electrons. The van der Waals surface area contributed by atoms with Crippen LogP contribution in [0.2, 0.25) is 0 Å². The Kier molecular flexibility index (Phi) is 3.93. The average Bonchev–Trinajstić information content (AvgIpc) is 2.40. The zero-order chi connectivity index (χ0) is 14.8.